The lowest BCUT2D eigenvalue weighted by atomic mass is 10.0. The molecule has 0 aliphatic carbocycles. The van der Waals surface area contributed by atoms with E-state index in [1.165, 1.54) is 0 Å². The van der Waals surface area contributed by atoms with Gasteiger partial charge in [-0.25, -0.2) is 9.78 Å². The van der Waals surface area contributed by atoms with E-state index in [-0.39, 0.29) is 17.9 Å². The van der Waals surface area contributed by atoms with Crippen LogP contribution < -0.4 is 10.1 Å². The number of hydrogen-bond donors (Lipinski definition) is 2. The van der Waals surface area contributed by atoms with Crippen LogP contribution in [0.1, 0.15) is 23.8 Å². The van der Waals surface area contributed by atoms with Gasteiger partial charge in [0.2, 0.25) is 0 Å². The van der Waals surface area contributed by atoms with Gasteiger partial charge in [-0.1, -0.05) is 18.2 Å². The summed E-state index contributed by atoms with van der Waals surface area (Å²) in [6, 6.07) is 16.9. The number of phenols is 1. The van der Waals surface area contributed by atoms with E-state index >= 15 is 0 Å². The van der Waals surface area contributed by atoms with Crippen LogP contribution >= 0.6 is 0 Å². The zero-order chi connectivity index (χ0) is 23.5. The van der Waals surface area contributed by atoms with Gasteiger partial charge in [-0.2, -0.15) is 0 Å². The van der Waals surface area contributed by atoms with Gasteiger partial charge in [0.1, 0.15) is 23.1 Å². The van der Waals surface area contributed by atoms with E-state index in [1.807, 2.05) is 42.5 Å². The first-order valence-corrected chi connectivity index (χ1v) is 11.3. The summed E-state index contributed by atoms with van der Waals surface area (Å²) in [7, 11) is 1.63. The zero-order valence-corrected chi connectivity index (χ0v) is 18.9. The van der Waals surface area contributed by atoms with Crippen molar-refractivity contribution in [1.29, 1.82) is 0 Å². The number of para-hydroxylation sites is 1. The van der Waals surface area contributed by atoms with Gasteiger partial charge in [-0.05, 0) is 49.4 Å². The molecule has 2 aromatic carbocycles. The number of pyridine rings is 2. The summed E-state index contributed by atoms with van der Waals surface area (Å²) < 4.78 is 11.0. The molecule has 2 aromatic heterocycles. The minimum absolute atomic E-state index is 0.182. The molecule has 1 atom stereocenters. The Labute approximate surface area is 197 Å². The summed E-state index contributed by atoms with van der Waals surface area (Å²) in [5.41, 5.74) is 3.24. The molecular weight excluding hydrogens is 432 g/mol. The van der Waals surface area contributed by atoms with E-state index in [1.54, 1.807) is 30.3 Å². The quantitative estimate of drug-likeness (QED) is 0.383. The highest BCUT2D eigenvalue weighted by Crippen LogP contribution is 2.32. The second-order valence-electron chi connectivity index (χ2n) is 8.28. The maximum atomic E-state index is 12.5. The number of benzene rings is 2. The van der Waals surface area contributed by atoms with Crippen molar-refractivity contribution >= 4 is 27.9 Å². The van der Waals surface area contributed by atoms with Gasteiger partial charge in [-0.15, -0.1) is 0 Å². The van der Waals surface area contributed by atoms with E-state index in [2.05, 4.69) is 15.3 Å². The monoisotopic (exact) mass is 458 g/mol. The van der Waals surface area contributed by atoms with Crippen LogP contribution in [-0.2, 0) is 11.3 Å². The van der Waals surface area contributed by atoms with E-state index in [0.29, 0.717) is 25.2 Å². The number of hydrogen-bond acceptors (Lipinski definition) is 7. The van der Waals surface area contributed by atoms with Crippen molar-refractivity contribution in [3.63, 3.8) is 0 Å². The smallest absolute Gasteiger partial charge is 0.410 e. The normalized spacial score (nSPS) is 15.7. The number of cyclic esters (lactones) is 1. The van der Waals surface area contributed by atoms with Crippen molar-refractivity contribution in [3.8, 4) is 11.5 Å². The first-order chi connectivity index (χ1) is 16.6. The number of amides is 1. The SMILES string of the molecule is COc1ccc2nccc([C@@H]3CN(CCCNCc4ccc5cccc(O)c5n4)C(=O)O3)c2c1. The Morgan fingerprint density at radius 2 is 2.12 bits per heavy atom. The van der Waals surface area contributed by atoms with E-state index in [4.69, 9.17) is 9.47 Å². The number of rotatable bonds is 8. The van der Waals surface area contributed by atoms with Crippen LogP contribution in [0.15, 0.2) is 60.8 Å². The van der Waals surface area contributed by atoms with Crippen molar-refractivity contribution in [2.45, 2.75) is 19.1 Å². The van der Waals surface area contributed by atoms with Crippen LogP contribution in [0, 0.1) is 0 Å². The summed E-state index contributed by atoms with van der Waals surface area (Å²) in [6.45, 7) is 2.41. The third-order valence-electron chi connectivity index (χ3n) is 6.06. The van der Waals surface area contributed by atoms with Gasteiger partial charge in [0.05, 0.1) is 24.9 Å². The molecule has 5 rings (SSSR count). The Bertz CT molecular complexity index is 1340. The van der Waals surface area contributed by atoms with Crippen molar-refractivity contribution in [1.82, 2.24) is 20.2 Å². The largest absolute Gasteiger partial charge is 0.506 e. The highest BCUT2D eigenvalue weighted by molar-refractivity contribution is 5.85. The number of ether oxygens (including phenoxy) is 2. The number of nitrogens with one attached hydrogen (secondary N) is 1. The number of aromatic hydroxyl groups is 1. The molecule has 0 spiro atoms. The molecule has 1 amide bonds. The number of phenolic OH excluding ortho intramolecular Hbond substituents is 1. The molecule has 1 aliphatic heterocycles. The second kappa shape index (κ2) is 9.52. The van der Waals surface area contributed by atoms with Gasteiger partial charge in [-0.3, -0.25) is 4.98 Å². The molecule has 174 valence electrons. The Kier molecular flexibility index (Phi) is 6.14. The fourth-order valence-corrected chi connectivity index (χ4v) is 4.29. The molecule has 0 saturated carbocycles. The highest BCUT2D eigenvalue weighted by atomic mass is 16.6. The standard InChI is InChI=1S/C26H26N4O4/c1-33-19-8-9-22-21(14-19)20(10-12-28-22)24-16-30(26(32)34-24)13-3-11-27-15-18-7-6-17-4-2-5-23(31)25(17)29-18/h2,4-10,12,14,24,27,31H,3,11,13,15-16H2,1H3/t24-/m0/s1. The van der Waals surface area contributed by atoms with Crippen molar-refractivity contribution in [2.24, 2.45) is 0 Å². The zero-order valence-electron chi connectivity index (χ0n) is 18.9. The molecule has 0 radical (unpaired) electrons. The lowest BCUT2D eigenvalue weighted by Crippen LogP contribution is -2.28. The molecule has 1 saturated heterocycles. The van der Waals surface area contributed by atoms with Gasteiger partial charge >= 0.3 is 6.09 Å². The van der Waals surface area contributed by atoms with E-state index in [9.17, 15) is 9.90 Å². The average molecular weight is 459 g/mol. The Morgan fingerprint density at radius 3 is 3.00 bits per heavy atom. The first kappa shape index (κ1) is 21.9. The number of carbonyl (C=O) groups is 1. The first-order valence-electron chi connectivity index (χ1n) is 11.3. The van der Waals surface area contributed by atoms with Crippen LogP contribution in [0.25, 0.3) is 21.8 Å². The molecule has 4 aromatic rings. The second-order valence-corrected chi connectivity index (χ2v) is 8.28. The fraction of sp³-hybridized carbons (Fsp3) is 0.269. The lowest BCUT2D eigenvalue weighted by molar-refractivity contribution is 0.133. The van der Waals surface area contributed by atoms with Gasteiger partial charge in [0.15, 0.2) is 0 Å². The van der Waals surface area contributed by atoms with Gasteiger partial charge in [0.25, 0.3) is 0 Å². The van der Waals surface area contributed by atoms with Crippen molar-refractivity contribution in [2.75, 3.05) is 26.7 Å². The summed E-state index contributed by atoms with van der Waals surface area (Å²) in [4.78, 5) is 23.1. The maximum Gasteiger partial charge on any atom is 0.410 e. The summed E-state index contributed by atoms with van der Waals surface area (Å²) in [5, 5.41) is 15.2. The van der Waals surface area contributed by atoms with Crippen LogP contribution in [0.5, 0.6) is 11.5 Å². The number of aromatic nitrogens is 2. The topological polar surface area (TPSA) is 96.8 Å². The molecule has 8 nitrogen and oxygen atoms in total. The molecule has 0 bridgehead atoms. The lowest BCUT2D eigenvalue weighted by Gasteiger charge is -2.14. The third-order valence-corrected chi connectivity index (χ3v) is 6.06. The minimum Gasteiger partial charge on any atom is -0.506 e. The van der Waals surface area contributed by atoms with Crippen LogP contribution in [0.3, 0.4) is 0 Å². The Hall–Kier alpha value is -3.91. The van der Waals surface area contributed by atoms with E-state index in [0.717, 1.165) is 46.3 Å². The van der Waals surface area contributed by atoms with Crippen LogP contribution in [0.4, 0.5) is 4.79 Å². The fourth-order valence-electron chi connectivity index (χ4n) is 4.29. The number of nitrogens with zero attached hydrogens (tertiary/aromatic N) is 3. The molecule has 8 heteroatoms. The molecule has 34 heavy (non-hydrogen) atoms. The highest BCUT2D eigenvalue weighted by Gasteiger charge is 2.32. The summed E-state index contributed by atoms with van der Waals surface area (Å²) in [5.74, 6) is 0.923. The molecular formula is C26H26N4O4. The third kappa shape index (κ3) is 4.45. The maximum absolute atomic E-state index is 12.5. The van der Waals surface area contributed by atoms with E-state index < -0.39 is 0 Å². The van der Waals surface area contributed by atoms with Crippen LogP contribution in [-0.4, -0.2) is 52.8 Å². The van der Waals surface area contributed by atoms with Crippen molar-refractivity contribution in [3.05, 3.63) is 72.1 Å². The molecule has 2 N–H and O–H groups in total. The van der Waals surface area contributed by atoms with Crippen molar-refractivity contribution < 1.29 is 19.4 Å². The summed E-state index contributed by atoms with van der Waals surface area (Å²) in [6.07, 6.45) is 1.88. The minimum atomic E-state index is -0.340. The molecule has 1 aliphatic rings. The predicted octanol–water partition coefficient (Wildman–Crippen LogP) is 4.17. The van der Waals surface area contributed by atoms with Gasteiger partial charge < -0.3 is 24.8 Å². The molecule has 3 heterocycles. The predicted molar refractivity (Wildman–Crippen MR) is 129 cm³/mol. The molecule has 1 fully saturated rings. The number of methoxy groups -OCH3 is 1. The average Bonchev–Trinajstić information content (AvgIpc) is 3.23. The Morgan fingerprint density at radius 1 is 1.21 bits per heavy atom. The van der Waals surface area contributed by atoms with Gasteiger partial charge in [0, 0.05) is 35.6 Å². The summed E-state index contributed by atoms with van der Waals surface area (Å²) >= 11 is 0. The van der Waals surface area contributed by atoms with Crippen LogP contribution in [0.2, 0.25) is 0 Å². The number of fused-ring (bicyclic) bond motifs is 2. The number of carbonyl (C=O) groups excluding carboxylic acids is 1. The molecule has 0 unspecified atom stereocenters. The Balaban J connectivity index is 1.15.